The molecule has 13 nitrogen and oxygen atoms in total. The monoisotopic (exact) mass is 488 g/mol. The number of halogens is 1. The SMILES string of the molecule is CCOc1nc(N)nc2c1ncn2[C@@H]1O[C@@H]2CO[P@@](=O)(NCCOC(=O)CC)O[C@H]2[C@@]1(C)F. The number of hydrogen-bond donors (Lipinski definition) is 2. The number of nitrogens with one attached hydrogen (secondary N) is 1. The van der Waals surface area contributed by atoms with Gasteiger partial charge in [-0.05, 0) is 13.8 Å². The van der Waals surface area contributed by atoms with Crippen LogP contribution in [0.5, 0.6) is 5.88 Å². The summed E-state index contributed by atoms with van der Waals surface area (Å²) in [4.78, 5) is 23.6. The Kier molecular flexibility index (Phi) is 6.56. The van der Waals surface area contributed by atoms with Gasteiger partial charge in [0, 0.05) is 13.0 Å². The second-order valence-corrected chi connectivity index (χ2v) is 9.40. The minimum absolute atomic E-state index is 0.0102. The van der Waals surface area contributed by atoms with Crippen LogP contribution in [-0.4, -0.2) is 69.7 Å². The number of rotatable bonds is 8. The van der Waals surface area contributed by atoms with E-state index in [0.717, 1.165) is 0 Å². The standard InChI is InChI=1S/C18H26FN6O7P/c1-4-11(26)29-7-6-22-33(27)30-8-10-13(32-33)18(3,19)16(31-10)25-9-21-12-14(25)23-17(20)24-15(12)28-5-2/h9-10,13,16H,4-8H2,1-3H3,(H,22,27)(H2,20,23,24)/t10-,13-,16-,18-,33+/m1/s1. The molecule has 2 aromatic rings. The Balaban J connectivity index is 1.53. The molecule has 4 heterocycles. The van der Waals surface area contributed by atoms with Gasteiger partial charge in [0.15, 0.2) is 23.1 Å². The maximum atomic E-state index is 16.1. The van der Waals surface area contributed by atoms with Crippen molar-refractivity contribution in [3.8, 4) is 5.88 Å². The fraction of sp³-hybridized carbons (Fsp3) is 0.667. The van der Waals surface area contributed by atoms with Crippen LogP contribution < -0.4 is 15.6 Å². The number of fused-ring (bicyclic) bond motifs is 2. The molecule has 0 saturated carbocycles. The second-order valence-electron chi connectivity index (χ2n) is 7.62. The fourth-order valence-corrected chi connectivity index (χ4v) is 5.28. The molecule has 2 aromatic heterocycles. The molecule has 3 N–H and O–H groups in total. The van der Waals surface area contributed by atoms with Crippen molar-refractivity contribution in [3.05, 3.63) is 6.33 Å². The maximum Gasteiger partial charge on any atom is 0.406 e. The van der Waals surface area contributed by atoms with Crippen molar-refractivity contribution in [3.63, 3.8) is 0 Å². The van der Waals surface area contributed by atoms with Gasteiger partial charge in [0.2, 0.25) is 11.8 Å². The molecule has 0 aromatic carbocycles. The lowest BCUT2D eigenvalue weighted by atomic mass is 9.98. The van der Waals surface area contributed by atoms with Crippen molar-refractivity contribution in [2.24, 2.45) is 0 Å². The van der Waals surface area contributed by atoms with Gasteiger partial charge in [0.05, 0.1) is 19.5 Å². The van der Waals surface area contributed by atoms with Crippen LogP contribution in [0.4, 0.5) is 10.3 Å². The average molecular weight is 488 g/mol. The molecule has 182 valence electrons. The van der Waals surface area contributed by atoms with E-state index in [0.29, 0.717) is 12.1 Å². The highest BCUT2D eigenvalue weighted by Gasteiger charge is 2.61. The van der Waals surface area contributed by atoms with E-state index in [1.165, 1.54) is 17.8 Å². The Labute approximate surface area is 188 Å². The summed E-state index contributed by atoms with van der Waals surface area (Å²) in [7, 11) is -3.86. The van der Waals surface area contributed by atoms with Crippen molar-refractivity contribution in [2.75, 3.05) is 32.1 Å². The van der Waals surface area contributed by atoms with Gasteiger partial charge in [-0.15, -0.1) is 0 Å². The van der Waals surface area contributed by atoms with Crippen LogP contribution in [0.2, 0.25) is 0 Å². The van der Waals surface area contributed by atoms with E-state index in [-0.39, 0.29) is 43.7 Å². The molecule has 0 spiro atoms. The third kappa shape index (κ3) is 4.53. The van der Waals surface area contributed by atoms with E-state index < -0.39 is 37.8 Å². The molecule has 0 aliphatic carbocycles. The Bertz CT molecular complexity index is 1080. The highest BCUT2D eigenvalue weighted by molar-refractivity contribution is 7.51. The predicted octanol–water partition coefficient (Wildman–Crippen LogP) is 1.50. The Hall–Kier alpha value is -2.38. The minimum Gasteiger partial charge on any atom is -0.476 e. The molecular formula is C18H26FN6O7P. The summed E-state index contributed by atoms with van der Waals surface area (Å²) < 4.78 is 57.5. The van der Waals surface area contributed by atoms with Gasteiger partial charge in [-0.2, -0.15) is 9.97 Å². The first-order valence-corrected chi connectivity index (χ1v) is 12.0. The zero-order valence-electron chi connectivity index (χ0n) is 18.4. The quantitative estimate of drug-likeness (QED) is 0.313. The van der Waals surface area contributed by atoms with Crippen LogP contribution in [-0.2, 0) is 27.9 Å². The number of esters is 1. The van der Waals surface area contributed by atoms with Gasteiger partial charge in [0.25, 0.3) is 0 Å². The number of nitrogens with two attached hydrogens (primary N) is 1. The Morgan fingerprint density at radius 3 is 2.97 bits per heavy atom. The van der Waals surface area contributed by atoms with Gasteiger partial charge in [-0.3, -0.25) is 18.4 Å². The average Bonchev–Trinajstić information content (AvgIpc) is 3.29. The number of hydrogen-bond acceptors (Lipinski definition) is 11. The summed E-state index contributed by atoms with van der Waals surface area (Å²) in [6.07, 6.45) is -1.70. The lowest BCUT2D eigenvalue weighted by Crippen LogP contribution is -2.46. The maximum absolute atomic E-state index is 16.1. The number of alkyl halides is 1. The number of aromatic nitrogens is 4. The van der Waals surface area contributed by atoms with Gasteiger partial charge >= 0.3 is 13.7 Å². The van der Waals surface area contributed by atoms with Gasteiger partial charge in [-0.1, -0.05) is 6.92 Å². The van der Waals surface area contributed by atoms with Gasteiger partial charge in [0.1, 0.15) is 18.8 Å². The first-order chi connectivity index (χ1) is 15.7. The smallest absolute Gasteiger partial charge is 0.406 e. The van der Waals surface area contributed by atoms with Crippen molar-refractivity contribution in [1.82, 2.24) is 24.6 Å². The number of anilines is 1. The minimum atomic E-state index is -3.86. The predicted molar refractivity (Wildman–Crippen MR) is 112 cm³/mol. The number of nitrogen functional groups attached to an aromatic ring is 1. The number of ether oxygens (including phenoxy) is 3. The molecule has 2 aliphatic rings. The highest BCUT2D eigenvalue weighted by atomic mass is 31.2. The van der Waals surface area contributed by atoms with E-state index >= 15 is 4.39 Å². The van der Waals surface area contributed by atoms with E-state index in [9.17, 15) is 9.36 Å². The lowest BCUT2D eigenvalue weighted by Gasteiger charge is -2.34. The van der Waals surface area contributed by atoms with Crippen LogP contribution >= 0.6 is 7.75 Å². The molecule has 2 saturated heterocycles. The summed E-state index contributed by atoms with van der Waals surface area (Å²) in [5.74, 6) is -0.291. The van der Waals surface area contributed by atoms with Crippen LogP contribution in [0.15, 0.2) is 6.33 Å². The third-order valence-electron chi connectivity index (χ3n) is 5.24. The number of nitrogens with zero attached hydrogens (tertiary/aromatic N) is 4. The van der Waals surface area contributed by atoms with Gasteiger partial charge in [-0.25, -0.2) is 19.0 Å². The molecular weight excluding hydrogens is 462 g/mol. The molecule has 15 heteroatoms. The number of carbonyl (C=O) groups excluding carboxylic acids is 1. The van der Waals surface area contributed by atoms with Crippen molar-refractivity contribution in [2.45, 2.75) is 51.3 Å². The van der Waals surface area contributed by atoms with E-state index in [1.54, 1.807) is 13.8 Å². The van der Waals surface area contributed by atoms with Crippen LogP contribution in [0.3, 0.4) is 0 Å². The summed E-state index contributed by atoms with van der Waals surface area (Å²) in [5.41, 5.74) is 4.17. The Morgan fingerprint density at radius 2 is 2.24 bits per heavy atom. The largest absolute Gasteiger partial charge is 0.476 e. The zero-order chi connectivity index (χ0) is 23.8. The second kappa shape index (κ2) is 9.11. The van der Waals surface area contributed by atoms with Crippen molar-refractivity contribution < 1.29 is 37.0 Å². The van der Waals surface area contributed by atoms with E-state index in [4.69, 9.17) is 29.0 Å². The van der Waals surface area contributed by atoms with Crippen LogP contribution in [0, 0.1) is 0 Å². The van der Waals surface area contributed by atoms with Crippen LogP contribution in [0.25, 0.3) is 11.2 Å². The molecule has 2 aliphatic heterocycles. The topological polar surface area (TPSA) is 162 Å². The molecule has 4 rings (SSSR count). The van der Waals surface area contributed by atoms with Gasteiger partial charge < -0.3 is 19.9 Å². The molecule has 0 amide bonds. The normalized spacial score (nSPS) is 31.5. The molecule has 0 unspecified atom stereocenters. The summed E-state index contributed by atoms with van der Waals surface area (Å²) >= 11 is 0. The highest BCUT2D eigenvalue weighted by Crippen LogP contribution is 2.56. The molecule has 2 fully saturated rings. The van der Waals surface area contributed by atoms with Crippen molar-refractivity contribution in [1.29, 1.82) is 0 Å². The fourth-order valence-electron chi connectivity index (χ4n) is 3.71. The third-order valence-corrected chi connectivity index (χ3v) is 6.85. The Morgan fingerprint density at radius 1 is 1.45 bits per heavy atom. The van der Waals surface area contributed by atoms with E-state index in [1.807, 2.05) is 0 Å². The summed E-state index contributed by atoms with van der Waals surface area (Å²) in [5, 5.41) is 2.57. The molecule has 0 bridgehead atoms. The summed E-state index contributed by atoms with van der Waals surface area (Å²) in [6.45, 7) is 4.85. The van der Waals surface area contributed by atoms with E-state index in [2.05, 4.69) is 20.0 Å². The number of imidazole rings is 1. The molecule has 5 atom stereocenters. The molecule has 0 radical (unpaired) electrons. The van der Waals surface area contributed by atoms with Crippen LogP contribution in [0.1, 0.15) is 33.4 Å². The molecule has 33 heavy (non-hydrogen) atoms. The zero-order valence-corrected chi connectivity index (χ0v) is 19.3. The number of carbonyl (C=O) groups is 1. The summed E-state index contributed by atoms with van der Waals surface area (Å²) in [6, 6.07) is 0. The first kappa shape index (κ1) is 23.8. The lowest BCUT2D eigenvalue weighted by molar-refractivity contribution is -0.143. The first-order valence-electron chi connectivity index (χ1n) is 10.5. The van der Waals surface area contributed by atoms with Crippen molar-refractivity contribution >= 4 is 30.8 Å².